The summed E-state index contributed by atoms with van der Waals surface area (Å²) in [6.45, 7) is 2.40. The first-order chi connectivity index (χ1) is 16.8. The molecule has 184 valence electrons. The fourth-order valence-corrected chi connectivity index (χ4v) is 4.11. The van der Waals surface area contributed by atoms with Gasteiger partial charge in [0.15, 0.2) is 0 Å². The van der Waals surface area contributed by atoms with Crippen molar-refractivity contribution in [1.82, 2.24) is 0 Å². The summed E-state index contributed by atoms with van der Waals surface area (Å²) in [5.74, 6) is -3.35. The number of carbonyl (C=O) groups excluding carboxylic acids is 3. The molecule has 0 aliphatic carbocycles. The zero-order valence-corrected chi connectivity index (χ0v) is 18.9. The van der Waals surface area contributed by atoms with Gasteiger partial charge in [-0.2, -0.15) is 4.39 Å². The minimum Gasteiger partial charge on any atom is -0.465 e. The van der Waals surface area contributed by atoms with Crippen molar-refractivity contribution in [2.24, 2.45) is 5.92 Å². The van der Waals surface area contributed by atoms with Crippen LogP contribution in [-0.2, 0) is 19.1 Å². The molecular weight excluding hydrogens is 463 g/mol. The predicted octanol–water partition coefficient (Wildman–Crippen LogP) is 2.35. The number of amides is 2. The lowest BCUT2D eigenvalue weighted by Crippen LogP contribution is -2.36. The maximum atomic E-state index is 13.7. The van der Waals surface area contributed by atoms with Crippen LogP contribution in [0.1, 0.15) is 16.8 Å². The van der Waals surface area contributed by atoms with Gasteiger partial charge < -0.3 is 24.6 Å². The van der Waals surface area contributed by atoms with E-state index in [0.717, 1.165) is 17.8 Å². The Morgan fingerprint density at radius 3 is 2.57 bits per heavy atom. The lowest BCUT2D eigenvalue weighted by atomic mass is 10.1. The van der Waals surface area contributed by atoms with Crippen LogP contribution in [0.25, 0.3) is 0 Å². The second kappa shape index (κ2) is 10.1. The zero-order chi connectivity index (χ0) is 25.1. The Morgan fingerprint density at radius 1 is 1.17 bits per heavy atom. The van der Waals surface area contributed by atoms with E-state index in [4.69, 9.17) is 9.47 Å². The van der Waals surface area contributed by atoms with Gasteiger partial charge in [-0.1, -0.05) is 0 Å². The number of hydrogen-bond acceptors (Lipinski definition) is 8. The highest BCUT2D eigenvalue weighted by atomic mass is 19.1. The third-order valence-corrected chi connectivity index (χ3v) is 5.98. The number of anilines is 3. The van der Waals surface area contributed by atoms with Gasteiger partial charge in [-0.25, -0.2) is 4.79 Å². The Kier molecular flexibility index (Phi) is 6.92. The number of carbonyl (C=O) groups is 3. The van der Waals surface area contributed by atoms with Gasteiger partial charge in [-0.05, 0) is 30.3 Å². The largest absolute Gasteiger partial charge is 0.465 e. The second-order valence-corrected chi connectivity index (χ2v) is 8.11. The van der Waals surface area contributed by atoms with E-state index in [-0.39, 0.29) is 29.9 Å². The third kappa shape index (κ3) is 5.06. The van der Waals surface area contributed by atoms with E-state index < -0.39 is 40.1 Å². The number of ether oxygens (including phenoxy) is 2. The molecule has 0 saturated carbocycles. The Balaban J connectivity index is 1.51. The van der Waals surface area contributed by atoms with Crippen LogP contribution in [0.15, 0.2) is 36.4 Å². The van der Waals surface area contributed by atoms with Crippen molar-refractivity contribution in [2.75, 3.05) is 55.1 Å². The van der Waals surface area contributed by atoms with E-state index >= 15 is 0 Å². The maximum Gasteiger partial charge on any atom is 0.340 e. The van der Waals surface area contributed by atoms with E-state index in [9.17, 15) is 28.9 Å². The molecule has 2 fully saturated rings. The number of nitrogens with zero attached hydrogens (tertiary/aromatic N) is 3. The molecule has 1 N–H and O–H groups in total. The Morgan fingerprint density at radius 2 is 1.89 bits per heavy atom. The molecule has 12 heteroatoms. The van der Waals surface area contributed by atoms with Gasteiger partial charge >= 0.3 is 11.7 Å². The highest BCUT2D eigenvalue weighted by molar-refractivity contribution is 6.06. The number of hydrogen-bond donors (Lipinski definition) is 1. The number of nitrogens with one attached hydrogen (secondary N) is 1. The lowest BCUT2D eigenvalue weighted by molar-refractivity contribution is -0.387. The Bertz CT molecular complexity index is 1180. The van der Waals surface area contributed by atoms with Gasteiger partial charge in [0.05, 0.1) is 48.1 Å². The first kappa shape index (κ1) is 24.1. The number of morpholine rings is 1. The first-order valence-corrected chi connectivity index (χ1v) is 10.9. The number of nitro benzene ring substituents is 1. The third-order valence-electron chi connectivity index (χ3n) is 5.98. The summed E-state index contributed by atoms with van der Waals surface area (Å²) in [6.07, 6.45) is -0.142. The molecule has 4 rings (SSSR count). The van der Waals surface area contributed by atoms with Crippen LogP contribution in [0.4, 0.5) is 27.1 Å². The summed E-state index contributed by atoms with van der Waals surface area (Å²) in [7, 11) is 1.24. The van der Waals surface area contributed by atoms with Gasteiger partial charge in [0.25, 0.3) is 0 Å². The van der Waals surface area contributed by atoms with Gasteiger partial charge in [-0.3, -0.25) is 19.7 Å². The summed E-state index contributed by atoms with van der Waals surface area (Å²) in [4.78, 5) is 51.3. The van der Waals surface area contributed by atoms with Gasteiger partial charge in [-0.15, -0.1) is 0 Å². The molecule has 11 nitrogen and oxygen atoms in total. The van der Waals surface area contributed by atoms with Gasteiger partial charge in [0.1, 0.15) is 0 Å². The number of benzene rings is 2. The molecule has 0 bridgehead atoms. The van der Waals surface area contributed by atoms with Crippen LogP contribution in [0.5, 0.6) is 0 Å². The van der Waals surface area contributed by atoms with Crippen LogP contribution in [0.2, 0.25) is 0 Å². The number of esters is 1. The predicted molar refractivity (Wildman–Crippen MR) is 123 cm³/mol. The quantitative estimate of drug-likeness (QED) is 0.374. The summed E-state index contributed by atoms with van der Waals surface area (Å²) >= 11 is 0. The van der Waals surface area contributed by atoms with Crippen molar-refractivity contribution in [2.45, 2.75) is 6.42 Å². The van der Waals surface area contributed by atoms with Crippen LogP contribution >= 0.6 is 0 Å². The molecule has 35 heavy (non-hydrogen) atoms. The van der Waals surface area contributed by atoms with Crippen molar-refractivity contribution in [3.8, 4) is 0 Å². The first-order valence-electron chi connectivity index (χ1n) is 10.9. The molecule has 0 aromatic heterocycles. The number of methoxy groups -OCH3 is 1. The van der Waals surface area contributed by atoms with E-state index in [1.165, 1.54) is 18.1 Å². The lowest BCUT2D eigenvalue weighted by Gasteiger charge is -2.29. The van der Waals surface area contributed by atoms with E-state index in [1.54, 1.807) is 18.2 Å². The Labute approximate surface area is 199 Å². The molecule has 2 aromatic carbocycles. The number of rotatable bonds is 6. The van der Waals surface area contributed by atoms with Crippen molar-refractivity contribution in [1.29, 1.82) is 0 Å². The summed E-state index contributed by atoms with van der Waals surface area (Å²) in [6, 6.07) is 8.14. The molecule has 2 aliphatic heterocycles. The van der Waals surface area contributed by atoms with Crippen molar-refractivity contribution in [3.63, 3.8) is 0 Å². The molecule has 2 aliphatic rings. The average Bonchev–Trinajstić information content (AvgIpc) is 3.26. The van der Waals surface area contributed by atoms with Crippen LogP contribution < -0.4 is 15.1 Å². The van der Waals surface area contributed by atoms with E-state index in [1.807, 2.05) is 0 Å². The van der Waals surface area contributed by atoms with Crippen LogP contribution in [-0.4, -0.2) is 62.7 Å². The highest BCUT2D eigenvalue weighted by Gasteiger charge is 2.36. The minimum atomic E-state index is -1.02. The standard InChI is InChI=1S/C23H23FN4O7/c1-34-23(31)17-11-15(26-6-8-35-9-7-26)3-5-19(17)25-22(30)14-10-21(29)27(13-14)16-2-4-18(24)20(12-16)28(32)33/h2-5,11-12,14H,6-10,13H2,1H3,(H,25,30). The normalized spacial score (nSPS) is 17.9. The Hall–Kier alpha value is -4.06. The number of halogens is 1. The highest BCUT2D eigenvalue weighted by Crippen LogP contribution is 2.31. The molecule has 2 saturated heterocycles. The maximum absolute atomic E-state index is 13.7. The topological polar surface area (TPSA) is 131 Å². The van der Waals surface area contributed by atoms with E-state index in [2.05, 4.69) is 10.2 Å². The fraction of sp³-hybridized carbons (Fsp3) is 0.348. The summed E-state index contributed by atoms with van der Waals surface area (Å²) < 4.78 is 23.9. The average molecular weight is 486 g/mol. The van der Waals surface area contributed by atoms with Crippen molar-refractivity contribution >= 4 is 40.5 Å². The molecule has 2 aromatic rings. The SMILES string of the molecule is COC(=O)c1cc(N2CCOCC2)ccc1NC(=O)C1CC(=O)N(c2ccc(F)c([N+](=O)[O-])c2)C1. The van der Waals surface area contributed by atoms with Crippen molar-refractivity contribution < 1.29 is 33.2 Å². The minimum absolute atomic E-state index is 0.0487. The fourth-order valence-electron chi connectivity index (χ4n) is 4.11. The molecule has 1 atom stereocenters. The molecule has 1 unspecified atom stereocenters. The smallest absolute Gasteiger partial charge is 0.340 e. The second-order valence-electron chi connectivity index (χ2n) is 8.11. The molecule has 2 heterocycles. The van der Waals surface area contributed by atoms with Crippen LogP contribution in [0, 0.1) is 21.8 Å². The van der Waals surface area contributed by atoms with Gasteiger partial charge in [0, 0.05) is 37.8 Å². The van der Waals surface area contributed by atoms with Crippen molar-refractivity contribution in [3.05, 3.63) is 57.9 Å². The molecule has 2 amide bonds. The van der Waals surface area contributed by atoms with Gasteiger partial charge in [0.2, 0.25) is 17.6 Å². The summed E-state index contributed by atoms with van der Waals surface area (Å²) in [5.41, 5.74) is 0.559. The summed E-state index contributed by atoms with van der Waals surface area (Å²) in [5, 5.41) is 13.7. The zero-order valence-electron chi connectivity index (χ0n) is 18.9. The molecule has 0 radical (unpaired) electrons. The molecular formula is C23H23FN4O7. The monoisotopic (exact) mass is 486 g/mol. The van der Waals surface area contributed by atoms with E-state index in [0.29, 0.717) is 26.3 Å². The van der Waals surface area contributed by atoms with Crippen LogP contribution in [0.3, 0.4) is 0 Å². The molecule has 0 spiro atoms. The number of nitro groups is 1.